The molecule has 4 atom stereocenters. The Morgan fingerprint density at radius 1 is 1.30 bits per heavy atom. The number of thiocarbonyl (C=S) groups is 1. The third kappa shape index (κ3) is 5.21. The van der Waals surface area contributed by atoms with Gasteiger partial charge in [0.15, 0.2) is 8.32 Å². The number of fused-ring (bicyclic) bond motifs is 1. The van der Waals surface area contributed by atoms with E-state index in [1.165, 1.54) is 23.9 Å². The third-order valence-corrected chi connectivity index (χ3v) is 14.0. The molecule has 12 heteroatoms. The van der Waals surface area contributed by atoms with Crippen LogP contribution < -0.4 is 5.32 Å². The molecule has 2 fully saturated rings. The second-order valence-electron chi connectivity index (χ2n) is 11.2. The van der Waals surface area contributed by atoms with Gasteiger partial charge in [-0.15, -0.1) is 11.8 Å². The van der Waals surface area contributed by atoms with E-state index in [1.54, 1.807) is 17.0 Å². The molecule has 2 saturated heterocycles. The van der Waals surface area contributed by atoms with Gasteiger partial charge >= 0.3 is 0 Å². The number of nitro groups is 1. The lowest BCUT2D eigenvalue weighted by molar-refractivity contribution is -0.384. The predicted molar refractivity (Wildman–Crippen MR) is 148 cm³/mol. The van der Waals surface area contributed by atoms with Crippen molar-refractivity contribution >= 4 is 54.8 Å². The van der Waals surface area contributed by atoms with E-state index in [0.717, 1.165) is 4.91 Å². The predicted octanol–water partition coefficient (Wildman–Crippen LogP) is 4.73. The van der Waals surface area contributed by atoms with Crippen LogP contribution in [0.2, 0.25) is 18.1 Å². The number of β-lactam (4-membered cyclic amide) rings is 1. The van der Waals surface area contributed by atoms with Gasteiger partial charge in [0.05, 0.1) is 22.9 Å². The first-order valence-electron chi connectivity index (χ1n) is 12.3. The maximum absolute atomic E-state index is 13.5. The molecule has 1 aromatic carbocycles. The molecule has 0 spiro atoms. The van der Waals surface area contributed by atoms with Gasteiger partial charge in [0.2, 0.25) is 16.9 Å². The van der Waals surface area contributed by atoms with Crippen molar-refractivity contribution in [2.75, 3.05) is 6.54 Å². The average molecular weight is 564 g/mol. The van der Waals surface area contributed by atoms with Gasteiger partial charge < -0.3 is 14.5 Å². The van der Waals surface area contributed by atoms with Gasteiger partial charge in [-0.1, -0.05) is 20.8 Å². The van der Waals surface area contributed by atoms with Crippen molar-refractivity contribution in [3.63, 3.8) is 0 Å². The summed E-state index contributed by atoms with van der Waals surface area (Å²) in [6, 6.07) is 6.03. The highest BCUT2D eigenvalue weighted by Crippen LogP contribution is 2.54. The highest BCUT2D eigenvalue weighted by Gasteiger charge is 2.59. The summed E-state index contributed by atoms with van der Waals surface area (Å²) in [4.78, 5) is 39.0. The molecule has 0 bridgehead atoms. The first-order valence-corrected chi connectivity index (χ1v) is 16.5. The van der Waals surface area contributed by atoms with Crippen LogP contribution >= 0.6 is 24.0 Å². The van der Waals surface area contributed by atoms with E-state index in [9.17, 15) is 19.7 Å². The number of carbonyl (C=O) groups excluding carboxylic acids is 2. The lowest BCUT2D eigenvalue weighted by Crippen LogP contribution is -2.62. The number of nitro benzene ring substituents is 1. The van der Waals surface area contributed by atoms with E-state index in [2.05, 4.69) is 39.2 Å². The molecular weight excluding hydrogens is 531 g/mol. The van der Waals surface area contributed by atoms with E-state index in [0.29, 0.717) is 24.2 Å². The smallest absolute Gasteiger partial charge is 0.269 e. The molecular formula is C25H33N3O6S2Si. The second-order valence-corrected chi connectivity index (χ2v) is 17.5. The number of carbonyl (C=O) groups is 2. The number of rotatable bonds is 8. The number of hydrogen-bond acceptors (Lipinski definition) is 8. The molecule has 0 radical (unpaired) electrons. The maximum Gasteiger partial charge on any atom is 0.269 e. The Labute approximate surface area is 227 Å². The molecule has 37 heavy (non-hydrogen) atoms. The summed E-state index contributed by atoms with van der Waals surface area (Å²) < 4.78 is 12.5. The number of hydrogen-bond donors (Lipinski definition) is 1. The molecule has 1 unspecified atom stereocenters. The van der Waals surface area contributed by atoms with E-state index in [-0.39, 0.29) is 57.5 Å². The zero-order chi connectivity index (χ0) is 27.3. The summed E-state index contributed by atoms with van der Waals surface area (Å²) in [6.07, 6.45) is 0.361. The Morgan fingerprint density at radius 3 is 2.49 bits per heavy atom. The van der Waals surface area contributed by atoms with Crippen LogP contribution in [0, 0.1) is 22.0 Å². The molecule has 1 aromatic rings. The number of non-ortho nitro benzene ring substituents is 1. The highest BCUT2D eigenvalue weighted by atomic mass is 32.2. The maximum atomic E-state index is 13.5. The number of thioether (sulfide) groups is 1. The minimum absolute atomic E-state index is 0.00939. The number of amides is 2. The SMILES string of the molecule is C[C@@H](O[Si](C)(C)C(C)(C)C)[C@H]1C(=O)N2C(C(=S)OCc3ccc([N+](=O)[O-])cc3)=C(C3CCNC3=O)S[C@H]12. The number of nitrogens with zero attached hydrogens (tertiary/aromatic N) is 2. The Hall–Kier alpha value is -2.28. The minimum atomic E-state index is -2.09. The van der Waals surface area contributed by atoms with Gasteiger partial charge in [-0.25, -0.2) is 0 Å². The monoisotopic (exact) mass is 563 g/mol. The normalized spacial score (nSPS) is 24.5. The van der Waals surface area contributed by atoms with Crippen LogP contribution in [-0.2, 0) is 25.4 Å². The summed E-state index contributed by atoms with van der Waals surface area (Å²) in [5.74, 6) is -0.867. The van der Waals surface area contributed by atoms with Crippen molar-refractivity contribution in [1.82, 2.24) is 10.2 Å². The topological polar surface area (TPSA) is 111 Å². The number of benzene rings is 1. The van der Waals surface area contributed by atoms with Crippen molar-refractivity contribution in [2.45, 2.75) is 70.3 Å². The minimum Gasteiger partial charge on any atom is -0.477 e. The zero-order valence-electron chi connectivity index (χ0n) is 21.9. The zero-order valence-corrected chi connectivity index (χ0v) is 24.5. The number of nitrogens with one attached hydrogen (secondary N) is 1. The lowest BCUT2D eigenvalue weighted by atomic mass is 9.91. The van der Waals surface area contributed by atoms with Gasteiger partial charge in [-0.3, -0.25) is 24.6 Å². The van der Waals surface area contributed by atoms with E-state index in [1.807, 2.05) is 6.92 Å². The second kappa shape index (κ2) is 10.1. The third-order valence-electron chi connectivity index (χ3n) is 7.67. The fourth-order valence-corrected chi connectivity index (χ4v) is 8.04. The van der Waals surface area contributed by atoms with E-state index in [4.69, 9.17) is 21.4 Å². The molecule has 3 aliphatic rings. The van der Waals surface area contributed by atoms with Gasteiger partial charge in [0, 0.05) is 23.6 Å². The van der Waals surface area contributed by atoms with Crippen molar-refractivity contribution < 1.29 is 23.7 Å². The summed E-state index contributed by atoms with van der Waals surface area (Å²) in [5, 5.41) is 13.7. The Morgan fingerprint density at radius 2 is 1.95 bits per heavy atom. The van der Waals surface area contributed by atoms with Crippen LogP contribution in [0.15, 0.2) is 34.9 Å². The molecule has 3 heterocycles. The van der Waals surface area contributed by atoms with Crippen LogP contribution in [0.1, 0.15) is 39.7 Å². The van der Waals surface area contributed by atoms with Crippen molar-refractivity contribution in [3.8, 4) is 0 Å². The van der Waals surface area contributed by atoms with Gasteiger partial charge in [-0.05, 0) is 61.4 Å². The summed E-state index contributed by atoms with van der Waals surface area (Å²) in [6.45, 7) is 13.5. The summed E-state index contributed by atoms with van der Waals surface area (Å²) in [5.41, 5.74) is 1.19. The summed E-state index contributed by atoms with van der Waals surface area (Å²) >= 11 is 7.15. The first kappa shape index (κ1) is 27.7. The van der Waals surface area contributed by atoms with Gasteiger partial charge in [0.25, 0.3) is 5.69 Å². The van der Waals surface area contributed by atoms with Crippen LogP contribution in [0.5, 0.6) is 0 Å². The molecule has 0 aromatic heterocycles. The molecule has 2 amide bonds. The molecule has 200 valence electrons. The first-order chi connectivity index (χ1) is 17.2. The van der Waals surface area contributed by atoms with Crippen molar-refractivity contribution in [2.24, 2.45) is 11.8 Å². The quantitative estimate of drug-likeness (QED) is 0.159. The lowest BCUT2D eigenvalue weighted by Gasteiger charge is -2.48. The van der Waals surface area contributed by atoms with Gasteiger partial charge in [-0.2, -0.15) is 0 Å². The van der Waals surface area contributed by atoms with Crippen LogP contribution in [0.4, 0.5) is 5.69 Å². The fraction of sp³-hybridized carbons (Fsp3) is 0.560. The largest absolute Gasteiger partial charge is 0.477 e. The standard InChI is InChI=1S/C25H33N3O6S2Si/c1-14(34-37(5,6)25(2,3)4)18-22(30)27-19(20(36-23(18)27)17-11-12-26-21(17)29)24(35)33-13-15-7-9-16(10-8-15)28(31)32/h7-10,14,17-18,23H,11-13H2,1-6H3,(H,26,29)/t14-,17?,18+,23-/m1/s1. The Kier molecular flexibility index (Phi) is 7.59. The Bertz CT molecular complexity index is 1160. The molecule has 4 rings (SSSR count). The molecule has 1 N–H and O–H groups in total. The van der Waals surface area contributed by atoms with E-state index >= 15 is 0 Å². The highest BCUT2D eigenvalue weighted by molar-refractivity contribution is 8.04. The van der Waals surface area contributed by atoms with Crippen molar-refractivity contribution in [3.05, 3.63) is 50.5 Å². The van der Waals surface area contributed by atoms with E-state index < -0.39 is 13.2 Å². The molecule has 0 saturated carbocycles. The van der Waals surface area contributed by atoms with Crippen LogP contribution in [0.25, 0.3) is 0 Å². The van der Waals surface area contributed by atoms with Crippen LogP contribution in [-0.4, -0.2) is 53.0 Å². The summed E-state index contributed by atoms with van der Waals surface area (Å²) in [7, 11) is -2.09. The van der Waals surface area contributed by atoms with Crippen molar-refractivity contribution in [1.29, 1.82) is 0 Å². The fourth-order valence-electron chi connectivity index (χ4n) is 4.52. The van der Waals surface area contributed by atoms with Gasteiger partial charge in [0.1, 0.15) is 17.7 Å². The molecule has 9 nitrogen and oxygen atoms in total. The van der Waals surface area contributed by atoms with Crippen LogP contribution in [0.3, 0.4) is 0 Å². The molecule has 3 aliphatic heterocycles. The Balaban J connectivity index is 1.53. The molecule has 0 aliphatic carbocycles. The average Bonchev–Trinajstić information content (AvgIpc) is 3.37. The number of ether oxygens (including phenoxy) is 1.